The van der Waals surface area contributed by atoms with E-state index in [9.17, 15) is 14.7 Å². The Morgan fingerprint density at radius 3 is 2.46 bits per heavy atom. The number of hydrogen-bond donors (Lipinski definition) is 1. The van der Waals surface area contributed by atoms with Gasteiger partial charge in [0.25, 0.3) is 0 Å². The molecule has 3 aliphatic rings. The number of carbonyl (C=O) groups excluding carboxylic acids is 3. The molecule has 4 heterocycles. The van der Waals surface area contributed by atoms with Crippen molar-refractivity contribution in [3.63, 3.8) is 0 Å². The summed E-state index contributed by atoms with van der Waals surface area (Å²) in [5.74, 6) is -2.67. The van der Waals surface area contributed by atoms with E-state index in [0.717, 1.165) is 17.5 Å². The summed E-state index contributed by atoms with van der Waals surface area (Å²) in [7, 11) is 0. The van der Waals surface area contributed by atoms with Crippen LogP contribution in [0.5, 0.6) is 0 Å². The molecule has 48 heavy (non-hydrogen) atoms. The number of aliphatic hydroxyl groups excluding tert-OH is 1. The second kappa shape index (κ2) is 13.3. The SMILES string of the molecule is C=CCN(Cn1nnc2ccccc21)C(=O)C1N([C@@H](CO)Cc2ccccc2)C(=O)[C@@H]2[C@H](C(=O)N(CC=C)CCC)[C@@]3(C)OC12CC3C. The molecule has 3 saturated heterocycles. The fourth-order valence-electron chi connectivity index (χ4n) is 8.51. The highest BCUT2D eigenvalue weighted by molar-refractivity contribution is 5.99. The zero-order valence-electron chi connectivity index (χ0n) is 28.1. The topological polar surface area (TPSA) is 121 Å². The van der Waals surface area contributed by atoms with E-state index >= 15 is 4.79 Å². The number of ether oxygens (including phenoxy) is 1. The molecule has 6 rings (SSSR count). The largest absolute Gasteiger partial charge is 0.394 e. The van der Waals surface area contributed by atoms with Gasteiger partial charge >= 0.3 is 0 Å². The number of nitrogens with zero attached hydrogens (tertiary/aromatic N) is 6. The van der Waals surface area contributed by atoms with Gasteiger partial charge in [0.1, 0.15) is 23.8 Å². The van der Waals surface area contributed by atoms with Crippen LogP contribution in [0.4, 0.5) is 0 Å². The molecule has 1 spiro atoms. The molecule has 2 bridgehead atoms. The zero-order valence-corrected chi connectivity index (χ0v) is 28.1. The number of aromatic nitrogens is 3. The molecular weight excluding hydrogens is 608 g/mol. The van der Waals surface area contributed by atoms with E-state index in [-0.39, 0.29) is 43.5 Å². The predicted molar refractivity (Wildman–Crippen MR) is 181 cm³/mol. The molecule has 3 aromatic rings. The predicted octanol–water partition coefficient (Wildman–Crippen LogP) is 3.44. The molecule has 0 radical (unpaired) electrons. The van der Waals surface area contributed by atoms with Crippen LogP contribution in [-0.4, -0.2) is 102 Å². The number of likely N-dealkylation sites (tertiary alicyclic amines) is 1. The van der Waals surface area contributed by atoms with Gasteiger partial charge in [-0.2, -0.15) is 0 Å². The summed E-state index contributed by atoms with van der Waals surface area (Å²) in [5.41, 5.74) is 0.132. The van der Waals surface area contributed by atoms with E-state index in [0.29, 0.717) is 31.4 Å². The van der Waals surface area contributed by atoms with Crippen LogP contribution < -0.4 is 0 Å². The molecule has 254 valence electrons. The highest BCUT2D eigenvalue weighted by atomic mass is 16.5. The molecule has 1 aromatic heterocycles. The van der Waals surface area contributed by atoms with E-state index in [1.165, 1.54) is 0 Å². The van der Waals surface area contributed by atoms with Crippen molar-refractivity contribution in [2.24, 2.45) is 17.8 Å². The number of fused-ring (bicyclic) bond motifs is 2. The third-order valence-corrected chi connectivity index (χ3v) is 10.7. The lowest BCUT2D eigenvalue weighted by atomic mass is 9.62. The molecule has 7 atom stereocenters. The molecule has 0 saturated carbocycles. The number of aliphatic hydroxyl groups is 1. The van der Waals surface area contributed by atoms with Gasteiger partial charge in [0.15, 0.2) is 0 Å². The average molecular weight is 655 g/mol. The summed E-state index contributed by atoms with van der Waals surface area (Å²) in [6.45, 7) is 14.5. The number of para-hydroxylation sites is 1. The Balaban J connectivity index is 1.46. The van der Waals surface area contributed by atoms with Gasteiger partial charge < -0.3 is 24.5 Å². The van der Waals surface area contributed by atoms with E-state index in [2.05, 4.69) is 23.5 Å². The second-order valence-electron chi connectivity index (χ2n) is 13.6. The van der Waals surface area contributed by atoms with Gasteiger partial charge in [-0.05, 0) is 49.8 Å². The Kier molecular flexibility index (Phi) is 9.28. The first-order valence-corrected chi connectivity index (χ1v) is 16.9. The van der Waals surface area contributed by atoms with Gasteiger partial charge in [-0.25, -0.2) is 4.68 Å². The van der Waals surface area contributed by atoms with Gasteiger partial charge in [-0.1, -0.05) is 73.7 Å². The van der Waals surface area contributed by atoms with Crippen molar-refractivity contribution in [2.75, 3.05) is 26.2 Å². The molecule has 11 nitrogen and oxygen atoms in total. The first-order valence-electron chi connectivity index (χ1n) is 16.9. The van der Waals surface area contributed by atoms with Crippen LogP contribution in [0.15, 0.2) is 79.9 Å². The minimum absolute atomic E-state index is 0.0614. The minimum Gasteiger partial charge on any atom is -0.394 e. The van der Waals surface area contributed by atoms with Crippen molar-refractivity contribution in [3.05, 3.63) is 85.5 Å². The van der Waals surface area contributed by atoms with Crippen LogP contribution in [-0.2, 0) is 32.2 Å². The highest BCUT2D eigenvalue weighted by Gasteiger charge is 2.80. The fourth-order valence-corrected chi connectivity index (χ4v) is 8.51. The standard InChI is InChI=1S/C37H46N6O5/c1-6-18-40(19-7-2)33(45)30-31-34(46)43(27(23-44)21-26-14-10-9-11-15-26)32(37(31)22-25(4)36(30,5)48-37)35(47)41(20-8-3)24-42-29-17-13-12-16-28(29)38-39-42/h6,8-17,25,27,30-32,44H,1,3,7,18-24H2,2,4-5H3/t25?,27-,30-,31+,32?,36+,37?/m1/s1. The Morgan fingerprint density at radius 2 is 1.77 bits per heavy atom. The van der Waals surface area contributed by atoms with Crippen LogP contribution in [0, 0.1) is 17.8 Å². The molecule has 1 N–H and O–H groups in total. The maximum absolute atomic E-state index is 15.1. The number of rotatable bonds is 14. The van der Waals surface area contributed by atoms with Gasteiger partial charge in [0.05, 0.1) is 35.6 Å². The summed E-state index contributed by atoms with van der Waals surface area (Å²) in [6, 6.07) is 15.3. The maximum Gasteiger partial charge on any atom is 0.250 e. The number of amides is 3. The van der Waals surface area contributed by atoms with Crippen LogP contribution in [0.3, 0.4) is 0 Å². The summed E-state index contributed by atoms with van der Waals surface area (Å²) < 4.78 is 8.67. The zero-order chi connectivity index (χ0) is 34.2. The summed E-state index contributed by atoms with van der Waals surface area (Å²) in [4.78, 5) is 49.5. The number of hydrogen-bond acceptors (Lipinski definition) is 7. The molecule has 3 amide bonds. The smallest absolute Gasteiger partial charge is 0.250 e. The maximum atomic E-state index is 15.1. The molecule has 2 aromatic carbocycles. The lowest BCUT2D eigenvalue weighted by Gasteiger charge is -2.39. The Labute approximate surface area is 281 Å². The van der Waals surface area contributed by atoms with Crippen molar-refractivity contribution in [1.29, 1.82) is 0 Å². The summed E-state index contributed by atoms with van der Waals surface area (Å²) >= 11 is 0. The molecule has 0 aliphatic carbocycles. The first-order chi connectivity index (χ1) is 23.1. The van der Waals surface area contributed by atoms with E-state index in [1.807, 2.05) is 75.4 Å². The Hall–Kier alpha value is -4.35. The normalized spacial score (nSPS) is 28.0. The Morgan fingerprint density at radius 1 is 1.08 bits per heavy atom. The molecule has 3 aliphatic heterocycles. The van der Waals surface area contributed by atoms with Gasteiger partial charge in [-0.15, -0.1) is 18.3 Å². The number of benzene rings is 2. The lowest BCUT2D eigenvalue weighted by molar-refractivity contribution is -0.158. The lowest BCUT2D eigenvalue weighted by Crippen LogP contribution is -2.59. The van der Waals surface area contributed by atoms with Crippen molar-refractivity contribution >= 4 is 28.8 Å². The fraction of sp³-hybridized carbons (Fsp3) is 0.486. The minimum atomic E-state index is -1.28. The molecule has 11 heteroatoms. The third-order valence-electron chi connectivity index (χ3n) is 10.7. The molecular formula is C37H46N6O5. The van der Waals surface area contributed by atoms with Crippen molar-refractivity contribution in [1.82, 2.24) is 29.7 Å². The third kappa shape index (κ3) is 5.33. The number of carbonyl (C=O) groups is 3. The van der Waals surface area contributed by atoms with Crippen LogP contribution in [0.1, 0.15) is 39.2 Å². The van der Waals surface area contributed by atoms with E-state index in [1.54, 1.807) is 31.5 Å². The van der Waals surface area contributed by atoms with E-state index in [4.69, 9.17) is 4.74 Å². The monoisotopic (exact) mass is 654 g/mol. The summed E-state index contributed by atoms with van der Waals surface area (Å²) in [5, 5.41) is 19.5. The van der Waals surface area contributed by atoms with Gasteiger partial charge in [0, 0.05) is 19.6 Å². The highest BCUT2D eigenvalue weighted by Crippen LogP contribution is 2.66. The van der Waals surface area contributed by atoms with Gasteiger partial charge in [0.2, 0.25) is 17.7 Å². The van der Waals surface area contributed by atoms with Crippen molar-refractivity contribution in [3.8, 4) is 0 Å². The first kappa shape index (κ1) is 33.5. The van der Waals surface area contributed by atoms with Crippen molar-refractivity contribution < 1.29 is 24.2 Å². The average Bonchev–Trinajstić information content (AvgIpc) is 3.76. The molecule has 3 fully saturated rings. The van der Waals surface area contributed by atoms with E-state index < -0.39 is 35.1 Å². The van der Waals surface area contributed by atoms with Crippen LogP contribution in [0.25, 0.3) is 11.0 Å². The quantitative estimate of drug-likeness (QED) is 0.265. The van der Waals surface area contributed by atoms with Crippen LogP contribution in [0.2, 0.25) is 0 Å². The Bertz CT molecular complexity index is 1690. The van der Waals surface area contributed by atoms with Crippen LogP contribution >= 0.6 is 0 Å². The van der Waals surface area contributed by atoms with Gasteiger partial charge in [-0.3, -0.25) is 14.4 Å². The van der Waals surface area contributed by atoms with Crippen molar-refractivity contribution in [2.45, 2.75) is 70.0 Å². The summed E-state index contributed by atoms with van der Waals surface area (Å²) in [6.07, 6.45) is 4.83. The second-order valence-corrected chi connectivity index (χ2v) is 13.6. The molecule has 3 unspecified atom stereocenters.